The molecular formula is C38H53F. The van der Waals surface area contributed by atoms with Crippen LogP contribution in [0.5, 0.6) is 0 Å². The predicted molar refractivity (Wildman–Crippen MR) is 166 cm³/mol. The zero-order valence-corrected chi connectivity index (χ0v) is 24.9. The van der Waals surface area contributed by atoms with Gasteiger partial charge < -0.3 is 0 Å². The van der Waals surface area contributed by atoms with Crippen molar-refractivity contribution in [2.24, 2.45) is 17.8 Å². The highest BCUT2D eigenvalue weighted by molar-refractivity contribution is 5.67. The summed E-state index contributed by atoms with van der Waals surface area (Å²) in [6, 6.07) is 15.7. The van der Waals surface area contributed by atoms with Crippen LogP contribution in [0.2, 0.25) is 0 Å². The van der Waals surface area contributed by atoms with Crippen molar-refractivity contribution in [3.8, 4) is 0 Å². The molecule has 0 spiro atoms. The highest BCUT2D eigenvalue weighted by Crippen LogP contribution is 2.44. The Morgan fingerprint density at radius 3 is 2.03 bits per heavy atom. The molecule has 1 unspecified atom stereocenters. The molecule has 3 aliphatic carbocycles. The zero-order valence-electron chi connectivity index (χ0n) is 24.9. The Balaban J connectivity index is 1.09. The number of halogens is 1. The average Bonchev–Trinajstić information content (AvgIpc) is 3.00. The summed E-state index contributed by atoms with van der Waals surface area (Å²) in [5, 5.41) is 0. The van der Waals surface area contributed by atoms with Gasteiger partial charge in [0, 0.05) is 5.56 Å². The molecule has 2 saturated carbocycles. The molecule has 1 atom stereocenters. The molecule has 0 radical (unpaired) electrons. The largest absolute Gasteiger partial charge is 0.206 e. The molecule has 0 heterocycles. The molecule has 0 saturated heterocycles. The van der Waals surface area contributed by atoms with Gasteiger partial charge in [0.25, 0.3) is 0 Å². The summed E-state index contributed by atoms with van der Waals surface area (Å²) in [4.78, 5) is 0. The molecule has 0 amide bonds. The second-order valence-corrected chi connectivity index (χ2v) is 13.3. The summed E-state index contributed by atoms with van der Waals surface area (Å²) >= 11 is 0. The number of allylic oxidation sites excluding steroid dienone is 2. The van der Waals surface area contributed by atoms with Crippen LogP contribution in [0.25, 0.3) is 5.57 Å². The van der Waals surface area contributed by atoms with Crippen molar-refractivity contribution in [1.82, 2.24) is 0 Å². The molecule has 0 aromatic heterocycles. The van der Waals surface area contributed by atoms with Gasteiger partial charge in [-0.1, -0.05) is 88.4 Å². The summed E-state index contributed by atoms with van der Waals surface area (Å²) in [6.45, 7) is 4.52. The van der Waals surface area contributed by atoms with Crippen LogP contribution >= 0.6 is 0 Å². The van der Waals surface area contributed by atoms with E-state index in [0.717, 1.165) is 48.5 Å². The lowest BCUT2D eigenvalue weighted by Gasteiger charge is -2.36. The molecule has 5 rings (SSSR count). The maximum Gasteiger partial charge on any atom is 0.130 e. The molecule has 2 aromatic rings. The molecule has 212 valence electrons. The van der Waals surface area contributed by atoms with Crippen LogP contribution in [-0.2, 0) is 6.42 Å². The van der Waals surface area contributed by atoms with E-state index in [9.17, 15) is 0 Å². The highest BCUT2D eigenvalue weighted by atomic mass is 19.1. The van der Waals surface area contributed by atoms with Gasteiger partial charge >= 0.3 is 0 Å². The third kappa shape index (κ3) is 7.45. The molecular weight excluding hydrogens is 475 g/mol. The summed E-state index contributed by atoms with van der Waals surface area (Å²) in [6.07, 6.45) is 24.4. The third-order valence-electron chi connectivity index (χ3n) is 10.9. The van der Waals surface area contributed by atoms with Gasteiger partial charge in [0.15, 0.2) is 0 Å². The summed E-state index contributed by atoms with van der Waals surface area (Å²) in [7, 11) is 0. The smallest absolute Gasteiger partial charge is 0.130 e. The minimum absolute atomic E-state index is 0.0217. The molecule has 0 aliphatic heterocycles. The van der Waals surface area contributed by atoms with E-state index < -0.39 is 0 Å². The average molecular weight is 529 g/mol. The number of unbranched alkanes of at least 4 members (excludes halogenated alkanes) is 3. The van der Waals surface area contributed by atoms with Gasteiger partial charge in [-0.3, -0.25) is 0 Å². The maximum absolute atomic E-state index is 15.4. The monoisotopic (exact) mass is 528 g/mol. The number of benzene rings is 2. The molecule has 0 N–H and O–H groups in total. The first kappa shape index (κ1) is 28.6. The van der Waals surface area contributed by atoms with Gasteiger partial charge in [-0.15, -0.1) is 0 Å². The maximum atomic E-state index is 15.4. The van der Waals surface area contributed by atoms with Gasteiger partial charge in [0.05, 0.1) is 0 Å². The highest BCUT2D eigenvalue weighted by Gasteiger charge is 2.30. The van der Waals surface area contributed by atoms with E-state index in [2.05, 4.69) is 56.3 Å². The summed E-state index contributed by atoms with van der Waals surface area (Å²) in [5.74, 6) is 3.87. The Hall–Kier alpha value is -1.89. The number of aryl methyl sites for hydroxylation is 1. The Labute approximate surface area is 238 Å². The van der Waals surface area contributed by atoms with Crippen molar-refractivity contribution in [3.63, 3.8) is 0 Å². The fourth-order valence-electron chi connectivity index (χ4n) is 8.17. The van der Waals surface area contributed by atoms with Gasteiger partial charge in [-0.25, -0.2) is 4.39 Å². The Morgan fingerprint density at radius 2 is 1.38 bits per heavy atom. The van der Waals surface area contributed by atoms with E-state index in [-0.39, 0.29) is 5.82 Å². The van der Waals surface area contributed by atoms with Gasteiger partial charge in [0.1, 0.15) is 5.82 Å². The van der Waals surface area contributed by atoms with E-state index in [1.54, 1.807) is 5.56 Å². The SMILES string of the molecule is CCCCCCC1CCC(c2ccc(C3=CCC(C4CCC(c5ccc(CC)cc5)CC4)CC3)c(F)c2)CC1. The summed E-state index contributed by atoms with van der Waals surface area (Å²) in [5.41, 5.74) is 6.37. The predicted octanol–water partition coefficient (Wildman–Crippen LogP) is 11.8. The van der Waals surface area contributed by atoms with Gasteiger partial charge in [-0.2, -0.15) is 0 Å². The van der Waals surface area contributed by atoms with Crippen LogP contribution in [0.1, 0.15) is 151 Å². The van der Waals surface area contributed by atoms with Crippen molar-refractivity contribution < 1.29 is 4.39 Å². The minimum Gasteiger partial charge on any atom is -0.206 e. The molecule has 2 aromatic carbocycles. The molecule has 39 heavy (non-hydrogen) atoms. The minimum atomic E-state index is 0.0217. The molecule has 3 aliphatic rings. The summed E-state index contributed by atoms with van der Waals surface area (Å²) < 4.78 is 15.4. The van der Waals surface area contributed by atoms with Crippen LogP contribution in [-0.4, -0.2) is 0 Å². The standard InChI is InChI=1S/C38H53F/c1-3-5-6-7-8-29-11-15-34(16-12-29)36-25-26-37(38(39)27-36)35-23-21-33(22-24-35)32-19-17-31(18-20-32)30-13-9-28(4-2)10-14-30/h9-10,13-14,23,25-27,29,31-34H,3-8,11-12,15-22,24H2,1-2H3. The number of rotatable bonds is 10. The van der Waals surface area contributed by atoms with E-state index in [1.165, 1.54) is 107 Å². The lowest BCUT2D eigenvalue weighted by molar-refractivity contribution is 0.220. The van der Waals surface area contributed by atoms with E-state index in [1.807, 2.05) is 6.07 Å². The first-order valence-corrected chi connectivity index (χ1v) is 16.7. The van der Waals surface area contributed by atoms with Crippen molar-refractivity contribution in [2.75, 3.05) is 0 Å². The molecule has 2 fully saturated rings. The third-order valence-corrected chi connectivity index (χ3v) is 10.9. The van der Waals surface area contributed by atoms with E-state index >= 15 is 4.39 Å². The van der Waals surface area contributed by atoms with E-state index in [0.29, 0.717) is 5.92 Å². The number of hydrogen-bond acceptors (Lipinski definition) is 0. The fourth-order valence-corrected chi connectivity index (χ4v) is 8.17. The van der Waals surface area contributed by atoms with Crippen LogP contribution in [0.3, 0.4) is 0 Å². The second kappa shape index (κ2) is 14.1. The Morgan fingerprint density at radius 1 is 0.692 bits per heavy atom. The normalized spacial score (nSPS) is 27.8. The Bertz CT molecular complexity index is 1050. The van der Waals surface area contributed by atoms with Crippen molar-refractivity contribution in [3.05, 3.63) is 76.6 Å². The first-order valence-electron chi connectivity index (χ1n) is 16.7. The van der Waals surface area contributed by atoms with Gasteiger partial charge in [-0.05, 0) is 135 Å². The number of hydrogen-bond donors (Lipinski definition) is 0. The van der Waals surface area contributed by atoms with Crippen LogP contribution in [0.15, 0.2) is 48.5 Å². The van der Waals surface area contributed by atoms with Crippen molar-refractivity contribution in [2.45, 2.75) is 135 Å². The van der Waals surface area contributed by atoms with Crippen LogP contribution in [0.4, 0.5) is 4.39 Å². The van der Waals surface area contributed by atoms with Crippen LogP contribution < -0.4 is 0 Å². The Kier molecular flexibility index (Phi) is 10.4. The fraction of sp³-hybridized carbons (Fsp3) is 0.632. The van der Waals surface area contributed by atoms with Gasteiger partial charge in [0.2, 0.25) is 0 Å². The zero-order chi connectivity index (χ0) is 27.0. The lowest BCUT2D eigenvalue weighted by atomic mass is 9.70. The van der Waals surface area contributed by atoms with Crippen molar-refractivity contribution in [1.29, 1.82) is 0 Å². The molecule has 0 nitrogen and oxygen atoms in total. The quantitative estimate of drug-likeness (QED) is 0.269. The molecule has 0 bridgehead atoms. The van der Waals surface area contributed by atoms with E-state index in [4.69, 9.17) is 0 Å². The second-order valence-electron chi connectivity index (χ2n) is 13.3. The van der Waals surface area contributed by atoms with Crippen molar-refractivity contribution >= 4 is 5.57 Å². The molecule has 1 heteroatoms. The van der Waals surface area contributed by atoms with Crippen LogP contribution in [0, 0.1) is 23.6 Å². The topological polar surface area (TPSA) is 0 Å². The lowest BCUT2D eigenvalue weighted by Crippen LogP contribution is -2.22. The first-order chi connectivity index (χ1) is 19.1.